The zero-order valence-electron chi connectivity index (χ0n) is 16.7. The van der Waals surface area contributed by atoms with Crippen LogP contribution in [0.25, 0.3) is 0 Å². The van der Waals surface area contributed by atoms with Gasteiger partial charge in [-0.05, 0) is 50.3 Å². The molecule has 0 bridgehead atoms. The van der Waals surface area contributed by atoms with E-state index in [1.54, 1.807) is 19.1 Å². The molecular weight excluding hydrogens is 374 g/mol. The van der Waals surface area contributed by atoms with E-state index in [4.69, 9.17) is 14.2 Å². The van der Waals surface area contributed by atoms with E-state index in [0.29, 0.717) is 35.4 Å². The zero-order chi connectivity index (χ0) is 20.2. The van der Waals surface area contributed by atoms with E-state index in [0.717, 1.165) is 5.56 Å². The molecule has 0 radical (unpaired) electrons. The normalized spacial score (nSPS) is 21.6. The topological polar surface area (TPSA) is 102 Å². The fraction of sp³-hybridized carbons (Fsp3) is 0.524. The van der Waals surface area contributed by atoms with Crippen LogP contribution in [0.3, 0.4) is 0 Å². The van der Waals surface area contributed by atoms with Gasteiger partial charge in [0.1, 0.15) is 6.54 Å². The molecule has 2 aliphatic heterocycles. The number of benzene rings is 1. The summed E-state index contributed by atoms with van der Waals surface area (Å²) in [6, 6.07) is 5.03. The lowest BCUT2D eigenvalue weighted by Gasteiger charge is -2.29. The van der Waals surface area contributed by atoms with Gasteiger partial charge in [0.15, 0.2) is 11.5 Å². The van der Waals surface area contributed by atoms with Crippen LogP contribution in [-0.2, 0) is 9.53 Å². The van der Waals surface area contributed by atoms with Gasteiger partial charge in [-0.25, -0.2) is 9.59 Å². The van der Waals surface area contributed by atoms with Crippen molar-refractivity contribution in [3.05, 3.63) is 35.0 Å². The summed E-state index contributed by atoms with van der Waals surface area (Å²) in [7, 11) is 0. The molecule has 1 aromatic rings. The molecule has 4 N–H and O–H groups in total. The first-order valence-corrected chi connectivity index (χ1v) is 10.4. The Kier molecular flexibility index (Phi) is 5.89. The number of esters is 1. The van der Waals surface area contributed by atoms with Crippen LogP contribution < -0.4 is 25.4 Å². The minimum absolute atomic E-state index is 0.166. The van der Waals surface area contributed by atoms with Gasteiger partial charge in [-0.3, -0.25) is 0 Å². The molecule has 0 aromatic heterocycles. The molecule has 29 heavy (non-hydrogen) atoms. The number of rotatable bonds is 6. The average Bonchev–Trinajstić information content (AvgIpc) is 3.20. The number of fused-ring (bicyclic) bond motifs is 1. The minimum atomic E-state index is -0.605. The van der Waals surface area contributed by atoms with Crippen molar-refractivity contribution >= 4 is 12.0 Å². The third-order valence-electron chi connectivity index (χ3n) is 5.68. The summed E-state index contributed by atoms with van der Waals surface area (Å²) in [5, 5.41) is 7.93. The van der Waals surface area contributed by atoms with Gasteiger partial charge in [0, 0.05) is 0 Å². The Labute approximate surface area is 170 Å². The number of nitrogens with one attached hydrogen (secondary N) is 2. The Bertz CT molecular complexity index is 817. The van der Waals surface area contributed by atoms with Gasteiger partial charge in [-0.1, -0.05) is 12.5 Å². The van der Waals surface area contributed by atoms with Gasteiger partial charge in [-0.15, -0.1) is 0 Å². The maximum Gasteiger partial charge on any atom is 0.338 e. The number of carbonyl (C=O) groups excluding carboxylic acids is 2. The first-order valence-electron chi connectivity index (χ1n) is 10.4. The van der Waals surface area contributed by atoms with Crippen LogP contribution in [0, 0.1) is 0 Å². The number of nitrogens with two attached hydrogens (primary N) is 1. The van der Waals surface area contributed by atoms with E-state index in [9.17, 15) is 9.59 Å². The van der Waals surface area contributed by atoms with Gasteiger partial charge in [-0.2, -0.15) is 0 Å². The quantitative estimate of drug-likeness (QED) is 0.626. The van der Waals surface area contributed by atoms with E-state index in [1.165, 1.54) is 32.1 Å². The monoisotopic (exact) mass is 402 g/mol. The van der Waals surface area contributed by atoms with E-state index in [1.807, 2.05) is 6.07 Å². The van der Waals surface area contributed by atoms with E-state index >= 15 is 0 Å². The Balaban J connectivity index is 1.64. The van der Waals surface area contributed by atoms with Gasteiger partial charge < -0.3 is 30.2 Å². The van der Waals surface area contributed by atoms with Crippen LogP contribution in [0.2, 0.25) is 0 Å². The number of carbonyl (C=O) groups is 2. The molecule has 1 fully saturated rings. The van der Waals surface area contributed by atoms with Crippen molar-refractivity contribution in [3.8, 4) is 11.5 Å². The molecule has 156 valence electrons. The molecule has 1 aromatic carbocycles. The molecule has 8 heteroatoms. The third-order valence-corrected chi connectivity index (χ3v) is 5.68. The summed E-state index contributed by atoms with van der Waals surface area (Å²) in [6.07, 6.45) is 6.09. The minimum Gasteiger partial charge on any atom is -0.463 e. The van der Waals surface area contributed by atoms with Crippen molar-refractivity contribution in [2.75, 3.05) is 19.9 Å². The van der Waals surface area contributed by atoms with Crippen molar-refractivity contribution in [1.82, 2.24) is 10.6 Å². The summed E-state index contributed by atoms with van der Waals surface area (Å²) in [6.45, 7) is 2.74. The summed E-state index contributed by atoms with van der Waals surface area (Å²) in [5.74, 6) is 0.838. The van der Waals surface area contributed by atoms with Crippen molar-refractivity contribution < 1.29 is 29.1 Å². The predicted molar refractivity (Wildman–Crippen MR) is 104 cm³/mol. The molecule has 0 unspecified atom stereocenters. The fourth-order valence-corrected chi connectivity index (χ4v) is 4.23. The molecule has 8 nitrogen and oxygen atoms in total. The maximum atomic E-state index is 12.8. The molecule has 4 rings (SSSR count). The van der Waals surface area contributed by atoms with E-state index in [-0.39, 0.29) is 19.4 Å². The second-order valence-corrected chi connectivity index (χ2v) is 7.59. The van der Waals surface area contributed by atoms with Crippen molar-refractivity contribution in [3.63, 3.8) is 0 Å². The van der Waals surface area contributed by atoms with Crippen LogP contribution >= 0.6 is 0 Å². The number of urea groups is 1. The Morgan fingerprint density at radius 3 is 2.79 bits per heavy atom. The molecule has 0 spiro atoms. The van der Waals surface area contributed by atoms with Gasteiger partial charge in [0.05, 0.1) is 30.0 Å². The van der Waals surface area contributed by atoms with Gasteiger partial charge >= 0.3 is 12.0 Å². The zero-order valence-corrected chi connectivity index (χ0v) is 16.7. The smallest absolute Gasteiger partial charge is 0.338 e. The largest absolute Gasteiger partial charge is 0.463 e. The molecule has 3 aliphatic rings. The number of hydrogen-bond acceptors (Lipinski definition) is 5. The Morgan fingerprint density at radius 1 is 1.21 bits per heavy atom. The number of quaternary nitrogens is 1. The van der Waals surface area contributed by atoms with E-state index < -0.39 is 12.0 Å². The standard InChI is InChI=1S/C21H27N3O5/c1-2-27-20(25)18-15(11-22-14-6-4-3-5-7-14)23-21(26)24-19(18)13-8-9-16-17(10-13)29-12-28-16/h8-10,14,19,22H,2-7,11-12H2,1H3,(H2,23,24,26)/p+1/t19-/m1/s1. The summed E-state index contributed by atoms with van der Waals surface area (Å²) < 4.78 is 16.2. The lowest BCUT2D eigenvalue weighted by atomic mass is 9.93. The highest BCUT2D eigenvalue weighted by Gasteiger charge is 2.35. The highest BCUT2D eigenvalue weighted by molar-refractivity contribution is 5.95. The third kappa shape index (κ3) is 4.32. The van der Waals surface area contributed by atoms with Crippen LogP contribution in [-0.4, -0.2) is 38.0 Å². The number of amides is 2. The van der Waals surface area contributed by atoms with Crippen LogP contribution in [0.15, 0.2) is 29.5 Å². The average molecular weight is 402 g/mol. The molecule has 1 aliphatic carbocycles. The highest BCUT2D eigenvalue weighted by Crippen LogP contribution is 2.37. The first-order chi connectivity index (χ1) is 14.2. The number of ether oxygens (including phenoxy) is 3. The Morgan fingerprint density at radius 2 is 2.00 bits per heavy atom. The molecule has 1 saturated carbocycles. The van der Waals surface area contributed by atoms with E-state index in [2.05, 4.69) is 16.0 Å². The molecule has 0 saturated heterocycles. The highest BCUT2D eigenvalue weighted by atomic mass is 16.7. The summed E-state index contributed by atoms with van der Waals surface area (Å²) in [4.78, 5) is 25.2. The van der Waals surface area contributed by atoms with Crippen molar-refractivity contribution in [2.45, 2.75) is 51.1 Å². The maximum absolute atomic E-state index is 12.8. The van der Waals surface area contributed by atoms with Crippen molar-refractivity contribution in [2.24, 2.45) is 0 Å². The van der Waals surface area contributed by atoms with Crippen LogP contribution in [0.1, 0.15) is 50.6 Å². The second-order valence-electron chi connectivity index (χ2n) is 7.59. The predicted octanol–water partition coefficient (Wildman–Crippen LogP) is 1.48. The Hall–Kier alpha value is -2.74. The lowest BCUT2D eigenvalue weighted by Crippen LogP contribution is -2.91. The molecule has 2 heterocycles. The van der Waals surface area contributed by atoms with Crippen LogP contribution in [0.4, 0.5) is 4.79 Å². The molecular formula is C21H28N3O5+. The van der Waals surface area contributed by atoms with Gasteiger partial charge in [0.2, 0.25) is 6.79 Å². The van der Waals surface area contributed by atoms with Gasteiger partial charge in [0.25, 0.3) is 0 Å². The fourth-order valence-electron chi connectivity index (χ4n) is 4.23. The SMILES string of the molecule is CCOC(=O)C1=C(C[NH2+]C2CCCCC2)NC(=O)N[C@@H]1c1ccc2c(c1)OCO2. The second kappa shape index (κ2) is 8.73. The first kappa shape index (κ1) is 19.6. The number of hydrogen-bond donors (Lipinski definition) is 3. The molecule has 1 atom stereocenters. The summed E-state index contributed by atoms with van der Waals surface area (Å²) in [5.41, 5.74) is 1.81. The molecule has 2 amide bonds. The van der Waals surface area contributed by atoms with Crippen LogP contribution in [0.5, 0.6) is 11.5 Å². The summed E-state index contributed by atoms with van der Waals surface area (Å²) >= 11 is 0. The van der Waals surface area contributed by atoms with Crippen molar-refractivity contribution in [1.29, 1.82) is 0 Å². The lowest BCUT2D eigenvalue weighted by molar-refractivity contribution is -0.685.